The second-order valence-corrected chi connectivity index (χ2v) is 16.1. The normalized spacial score (nSPS) is 22.1. The minimum absolute atomic E-state index is 0.0156. The molecule has 0 atom stereocenters. The van der Waals surface area contributed by atoms with Gasteiger partial charge in [-0.3, -0.25) is 0 Å². The van der Waals surface area contributed by atoms with E-state index in [0.717, 1.165) is 0 Å². The number of esters is 2. The summed E-state index contributed by atoms with van der Waals surface area (Å²) in [5.41, 5.74) is -0.833. The predicted molar refractivity (Wildman–Crippen MR) is 179 cm³/mol. The number of anilines is 1. The van der Waals surface area contributed by atoms with E-state index in [2.05, 4.69) is 86.3 Å². The Bertz CT molecular complexity index is 1190. The van der Waals surface area contributed by atoms with Crippen LogP contribution in [0.2, 0.25) is 0 Å². The first-order chi connectivity index (χ1) is 20.5. The van der Waals surface area contributed by atoms with Gasteiger partial charge in [-0.2, -0.15) is 15.0 Å². The summed E-state index contributed by atoms with van der Waals surface area (Å²) in [6.45, 7) is 26.8. The smallest absolute Gasteiger partial charge is 0.353 e. The topological polar surface area (TPSA) is 152 Å². The van der Waals surface area contributed by atoms with E-state index < -0.39 is 17.5 Å². The largest absolute Gasteiger partial charge is 0.461 e. The molecule has 2 saturated heterocycles. The molecule has 0 unspecified atom stereocenters. The molecular formula is C33H56N8O4. The summed E-state index contributed by atoms with van der Waals surface area (Å²) in [6, 6.07) is 0. The maximum atomic E-state index is 13.4. The Labute approximate surface area is 269 Å². The molecule has 1 aromatic heterocycles. The molecule has 0 aromatic carbocycles. The van der Waals surface area contributed by atoms with Gasteiger partial charge in [0, 0.05) is 39.5 Å². The molecule has 3 N–H and O–H groups in total. The number of rotatable bonds is 9. The van der Waals surface area contributed by atoms with Crippen LogP contribution in [0.25, 0.3) is 0 Å². The number of aliphatic imine (C=N–C) groups is 2. The third-order valence-corrected chi connectivity index (χ3v) is 7.66. The van der Waals surface area contributed by atoms with Crippen molar-refractivity contribution < 1.29 is 19.1 Å². The lowest BCUT2D eigenvalue weighted by molar-refractivity contribution is -0.136. The first-order valence-electron chi connectivity index (χ1n) is 16.2. The molecule has 2 aliphatic rings. The predicted octanol–water partition coefficient (Wildman–Crippen LogP) is 5.47. The van der Waals surface area contributed by atoms with Crippen molar-refractivity contribution in [1.82, 2.24) is 25.6 Å². The van der Waals surface area contributed by atoms with Crippen LogP contribution in [-0.4, -0.2) is 79.2 Å². The maximum Gasteiger partial charge on any atom is 0.353 e. The van der Waals surface area contributed by atoms with E-state index in [9.17, 15) is 9.59 Å². The Kier molecular flexibility index (Phi) is 10.9. The maximum absolute atomic E-state index is 13.4. The van der Waals surface area contributed by atoms with Gasteiger partial charge in [0.1, 0.15) is 11.4 Å². The third-order valence-electron chi connectivity index (χ3n) is 7.66. The summed E-state index contributed by atoms with van der Waals surface area (Å²) in [6.07, 6.45) is 2.69. The number of nitrogens with one attached hydrogen (secondary N) is 3. The summed E-state index contributed by atoms with van der Waals surface area (Å²) >= 11 is 0. The van der Waals surface area contributed by atoms with Gasteiger partial charge < -0.3 is 25.4 Å². The second kappa shape index (κ2) is 13.4. The minimum Gasteiger partial charge on any atom is -0.461 e. The minimum atomic E-state index is -0.502. The fourth-order valence-electron chi connectivity index (χ4n) is 7.11. The van der Waals surface area contributed by atoms with Crippen LogP contribution in [0.3, 0.4) is 0 Å². The molecular weight excluding hydrogens is 572 g/mol. The monoisotopic (exact) mass is 628 g/mol. The van der Waals surface area contributed by atoms with E-state index in [1.807, 2.05) is 20.8 Å². The lowest BCUT2D eigenvalue weighted by atomic mass is 9.74. The van der Waals surface area contributed by atoms with Crippen LogP contribution in [0.15, 0.2) is 9.98 Å². The highest BCUT2D eigenvalue weighted by molar-refractivity contribution is 6.38. The molecule has 0 saturated carbocycles. The summed E-state index contributed by atoms with van der Waals surface area (Å²) < 4.78 is 11.0. The van der Waals surface area contributed by atoms with Gasteiger partial charge >= 0.3 is 11.9 Å². The molecule has 3 heterocycles. The Morgan fingerprint density at radius 1 is 0.711 bits per heavy atom. The van der Waals surface area contributed by atoms with E-state index in [1.165, 1.54) is 0 Å². The van der Waals surface area contributed by atoms with Crippen molar-refractivity contribution in [3.63, 3.8) is 0 Å². The molecule has 12 nitrogen and oxygen atoms in total. The van der Waals surface area contributed by atoms with Crippen LogP contribution in [0, 0.1) is 11.8 Å². The SMILES string of the molecule is CCOC(=O)/C(=N\c1nc(/N=C(\C(=O)OCC)C2CC(C)(C)NC(C)(C)C2)nc(NC(C)(C)C)n1)C1CC(C)(C)NC(C)(C)C1. The molecule has 45 heavy (non-hydrogen) atoms. The van der Waals surface area contributed by atoms with Crippen LogP contribution in [0.1, 0.15) is 116 Å². The first kappa shape index (κ1) is 36.5. The van der Waals surface area contributed by atoms with Crippen LogP contribution in [-0.2, 0) is 19.1 Å². The number of carbonyl (C=O) groups is 2. The van der Waals surface area contributed by atoms with Gasteiger partial charge in [0.25, 0.3) is 11.9 Å². The number of hydrogen-bond donors (Lipinski definition) is 3. The van der Waals surface area contributed by atoms with Crippen molar-refractivity contribution >= 4 is 41.2 Å². The third kappa shape index (κ3) is 10.8. The summed E-state index contributed by atoms with van der Waals surface area (Å²) in [4.78, 5) is 50.0. The second-order valence-electron chi connectivity index (χ2n) is 16.1. The van der Waals surface area contributed by atoms with Crippen LogP contribution < -0.4 is 16.0 Å². The Morgan fingerprint density at radius 3 is 1.33 bits per heavy atom. The van der Waals surface area contributed by atoms with Gasteiger partial charge in [0.15, 0.2) is 0 Å². The van der Waals surface area contributed by atoms with E-state index in [1.54, 1.807) is 13.8 Å². The van der Waals surface area contributed by atoms with Gasteiger partial charge in [0.2, 0.25) is 5.95 Å². The zero-order valence-electron chi connectivity index (χ0n) is 29.8. The molecule has 0 amide bonds. The summed E-state index contributed by atoms with van der Waals surface area (Å²) in [5.74, 6) is -1.14. The van der Waals surface area contributed by atoms with Gasteiger partial charge in [0.05, 0.1) is 13.2 Å². The van der Waals surface area contributed by atoms with Crippen molar-refractivity contribution in [3.8, 4) is 0 Å². The fraction of sp³-hybridized carbons (Fsp3) is 0.788. The van der Waals surface area contributed by atoms with E-state index >= 15 is 0 Å². The molecule has 1 aromatic rings. The summed E-state index contributed by atoms with van der Waals surface area (Å²) in [5, 5.41) is 10.6. The first-order valence-corrected chi connectivity index (χ1v) is 16.2. The molecule has 12 heteroatoms. The fourth-order valence-corrected chi connectivity index (χ4v) is 7.11. The van der Waals surface area contributed by atoms with Crippen molar-refractivity contribution in [2.24, 2.45) is 21.8 Å². The Morgan fingerprint density at radius 2 is 1.04 bits per heavy atom. The van der Waals surface area contributed by atoms with E-state index in [0.29, 0.717) is 25.7 Å². The van der Waals surface area contributed by atoms with Gasteiger partial charge in [-0.1, -0.05) is 0 Å². The molecule has 0 aliphatic carbocycles. The number of hydrogen-bond acceptors (Lipinski definition) is 12. The number of ether oxygens (including phenoxy) is 2. The highest BCUT2D eigenvalue weighted by atomic mass is 16.5. The molecule has 252 valence electrons. The Hall–Kier alpha value is -2.99. The quantitative estimate of drug-likeness (QED) is 0.237. The molecule has 3 rings (SSSR count). The number of nitrogens with zero attached hydrogens (tertiary/aromatic N) is 5. The molecule has 0 radical (unpaired) electrons. The van der Waals surface area contributed by atoms with Crippen LogP contribution in [0.5, 0.6) is 0 Å². The molecule has 2 fully saturated rings. The van der Waals surface area contributed by atoms with Crippen molar-refractivity contribution in [2.75, 3.05) is 18.5 Å². The zero-order valence-corrected chi connectivity index (χ0v) is 29.8. The number of aromatic nitrogens is 3. The van der Waals surface area contributed by atoms with E-state index in [4.69, 9.17) is 19.5 Å². The molecule has 0 spiro atoms. The van der Waals surface area contributed by atoms with Crippen molar-refractivity contribution in [2.45, 2.75) is 143 Å². The zero-order chi connectivity index (χ0) is 34.0. The van der Waals surface area contributed by atoms with Gasteiger partial charge in [-0.05, 0) is 116 Å². The number of piperidine rings is 2. The van der Waals surface area contributed by atoms with Crippen LogP contribution >= 0.6 is 0 Å². The lowest BCUT2D eigenvalue weighted by Gasteiger charge is -2.46. The molecule has 2 aliphatic heterocycles. The molecule has 0 bridgehead atoms. The highest BCUT2D eigenvalue weighted by Gasteiger charge is 2.43. The van der Waals surface area contributed by atoms with Crippen LogP contribution in [0.4, 0.5) is 17.8 Å². The Balaban J connectivity index is 2.21. The average molecular weight is 629 g/mol. The van der Waals surface area contributed by atoms with Crippen molar-refractivity contribution in [1.29, 1.82) is 0 Å². The number of carbonyl (C=O) groups excluding carboxylic acids is 2. The van der Waals surface area contributed by atoms with Crippen molar-refractivity contribution in [3.05, 3.63) is 0 Å². The lowest BCUT2D eigenvalue weighted by Crippen LogP contribution is -2.59. The highest BCUT2D eigenvalue weighted by Crippen LogP contribution is 2.36. The van der Waals surface area contributed by atoms with Gasteiger partial charge in [-0.15, -0.1) is 0 Å². The van der Waals surface area contributed by atoms with Gasteiger partial charge in [-0.25, -0.2) is 19.6 Å². The average Bonchev–Trinajstić information content (AvgIpc) is 2.81. The summed E-state index contributed by atoms with van der Waals surface area (Å²) in [7, 11) is 0. The standard InChI is InChI=1S/C33H56N8O4/c1-14-44-24(42)22(20-16-30(6,7)40-31(8,9)17-20)34-26-36-27(38-28(37-26)39-29(3,4)5)35-23(25(43)45-15-2)21-18-32(10,11)41-33(12,13)19-21/h20-21,40-41H,14-19H2,1-13H3,(H,36,37,38,39)/b34-22-,35-23-. The van der Waals surface area contributed by atoms with E-state index in [-0.39, 0.29) is 76.5 Å².